The van der Waals surface area contributed by atoms with Crippen molar-refractivity contribution in [3.63, 3.8) is 0 Å². The van der Waals surface area contributed by atoms with Gasteiger partial charge in [0.15, 0.2) is 9.84 Å². The first-order valence-electron chi connectivity index (χ1n) is 8.55. The number of benzene rings is 2. The molecule has 1 N–H and O–H groups in total. The van der Waals surface area contributed by atoms with Gasteiger partial charge >= 0.3 is 6.03 Å². The molecule has 1 aliphatic heterocycles. The van der Waals surface area contributed by atoms with Crippen LogP contribution in [0.15, 0.2) is 53.4 Å². The molecule has 0 saturated carbocycles. The molecule has 1 atom stereocenters. The van der Waals surface area contributed by atoms with Gasteiger partial charge in [-0.2, -0.15) is 0 Å². The minimum Gasteiger partial charge on any atom is -0.497 e. The minimum absolute atomic E-state index is 0.180. The molecule has 144 valence electrons. The van der Waals surface area contributed by atoms with Gasteiger partial charge in [-0.1, -0.05) is 23.7 Å². The van der Waals surface area contributed by atoms with Gasteiger partial charge in [-0.25, -0.2) is 13.2 Å². The average Bonchev–Trinajstić information content (AvgIpc) is 3.18. The number of nitrogens with one attached hydrogen (secondary N) is 1. The summed E-state index contributed by atoms with van der Waals surface area (Å²) in [4.78, 5) is 14.2. The Balaban J connectivity index is 1.58. The molecule has 2 amide bonds. The lowest BCUT2D eigenvalue weighted by molar-refractivity contribution is 0.208. The number of rotatable bonds is 5. The number of hydrogen-bond acceptors (Lipinski definition) is 4. The van der Waals surface area contributed by atoms with Gasteiger partial charge in [0.2, 0.25) is 0 Å². The second kappa shape index (κ2) is 8.19. The molecule has 0 aliphatic carbocycles. The zero-order valence-corrected chi connectivity index (χ0v) is 16.5. The molecular weight excluding hydrogens is 388 g/mol. The fraction of sp³-hybridized carbons (Fsp3) is 0.316. The van der Waals surface area contributed by atoms with Gasteiger partial charge in [-0.05, 0) is 48.4 Å². The topological polar surface area (TPSA) is 75.7 Å². The van der Waals surface area contributed by atoms with Gasteiger partial charge in [-0.3, -0.25) is 0 Å². The van der Waals surface area contributed by atoms with Gasteiger partial charge in [0.1, 0.15) is 5.75 Å². The number of amides is 2. The van der Waals surface area contributed by atoms with Crippen LogP contribution in [0.5, 0.6) is 5.75 Å². The first kappa shape index (κ1) is 19.5. The summed E-state index contributed by atoms with van der Waals surface area (Å²) in [6.07, 6.45) is 0.418. The van der Waals surface area contributed by atoms with Crippen molar-refractivity contribution in [1.82, 2.24) is 10.2 Å². The van der Waals surface area contributed by atoms with Crippen molar-refractivity contribution in [2.75, 3.05) is 20.2 Å². The molecule has 0 spiro atoms. The van der Waals surface area contributed by atoms with Crippen LogP contribution in [0.3, 0.4) is 0 Å². The highest BCUT2D eigenvalue weighted by Gasteiger charge is 2.36. The Morgan fingerprint density at radius 3 is 2.48 bits per heavy atom. The highest BCUT2D eigenvalue weighted by Crippen LogP contribution is 2.25. The summed E-state index contributed by atoms with van der Waals surface area (Å²) in [7, 11) is -1.90. The molecule has 8 heteroatoms. The van der Waals surface area contributed by atoms with Gasteiger partial charge in [0.25, 0.3) is 0 Å². The second-order valence-electron chi connectivity index (χ2n) is 6.36. The van der Waals surface area contributed by atoms with Crippen LogP contribution in [0.25, 0.3) is 0 Å². The maximum Gasteiger partial charge on any atom is 0.317 e. The molecule has 0 radical (unpaired) electrons. The number of urea groups is 1. The summed E-state index contributed by atoms with van der Waals surface area (Å²) in [5.74, 6) is 0.750. The largest absolute Gasteiger partial charge is 0.497 e. The lowest BCUT2D eigenvalue weighted by Crippen LogP contribution is -2.39. The molecular formula is C19H21ClN2O4S. The molecule has 3 rings (SSSR count). The fourth-order valence-electron chi connectivity index (χ4n) is 3.02. The second-order valence-corrected chi connectivity index (χ2v) is 9.03. The third-order valence-electron chi connectivity index (χ3n) is 4.62. The van der Waals surface area contributed by atoms with E-state index >= 15 is 0 Å². The Morgan fingerprint density at radius 2 is 1.85 bits per heavy atom. The zero-order valence-electron chi connectivity index (χ0n) is 14.9. The third-order valence-corrected chi connectivity index (χ3v) is 7.06. The SMILES string of the molecule is COc1ccc(CNC(=O)N2CCC(S(=O)(=O)c3ccc(Cl)cc3)C2)cc1. The normalized spacial score (nSPS) is 17.0. The lowest BCUT2D eigenvalue weighted by Gasteiger charge is -2.18. The van der Waals surface area contributed by atoms with E-state index in [1.165, 1.54) is 12.1 Å². The Bertz CT molecular complexity index is 898. The van der Waals surface area contributed by atoms with Crippen LogP contribution in [0.1, 0.15) is 12.0 Å². The van der Waals surface area contributed by atoms with Crippen molar-refractivity contribution in [2.24, 2.45) is 0 Å². The van der Waals surface area contributed by atoms with Crippen molar-refractivity contribution in [1.29, 1.82) is 0 Å². The molecule has 2 aromatic carbocycles. The highest BCUT2D eigenvalue weighted by molar-refractivity contribution is 7.92. The number of carbonyl (C=O) groups excluding carboxylic acids is 1. The van der Waals surface area contributed by atoms with Crippen molar-refractivity contribution >= 4 is 27.5 Å². The maximum absolute atomic E-state index is 12.7. The van der Waals surface area contributed by atoms with E-state index in [2.05, 4.69) is 5.32 Å². The predicted octanol–water partition coefficient (Wildman–Crippen LogP) is 3.11. The molecule has 6 nitrogen and oxygen atoms in total. The van der Waals surface area contributed by atoms with Crippen LogP contribution < -0.4 is 10.1 Å². The van der Waals surface area contributed by atoms with Crippen molar-refractivity contribution in [3.8, 4) is 5.75 Å². The summed E-state index contributed by atoms with van der Waals surface area (Å²) in [6.45, 7) is 0.958. The Kier molecular flexibility index (Phi) is 5.92. The number of methoxy groups -OCH3 is 1. The number of hydrogen-bond donors (Lipinski definition) is 1. The number of sulfone groups is 1. The number of nitrogens with zero attached hydrogens (tertiary/aromatic N) is 1. The van der Waals surface area contributed by atoms with Crippen LogP contribution in [0.4, 0.5) is 4.79 Å². The van der Waals surface area contributed by atoms with Crippen LogP contribution in [0, 0.1) is 0 Å². The van der Waals surface area contributed by atoms with Crippen LogP contribution in [0.2, 0.25) is 5.02 Å². The van der Waals surface area contributed by atoms with Gasteiger partial charge in [-0.15, -0.1) is 0 Å². The van der Waals surface area contributed by atoms with E-state index in [9.17, 15) is 13.2 Å². The van der Waals surface area contributed by atoms with E-state index in [0.29, 0.717) is 24.5 Å². The first-order chi connectivity index (χ1) is 12.9. The quantitative estimate of drug-likeness (QED) is 0.824. The molecule has 0 bridgehead atoms. The van der Waals surface area contributed by atoms with E-state index in [-0.39, 0.29) is 17.5 Å². The highest BCUT2D eigenvalue weighted by atomic mass is 35.5. The summed E-state index contributed by atoms with van der Waals surface area (Å²) in [5.41, 5.74) is 0.939. The van der Waals surface area contributed by atoms with Crippen LogP contribution in [-0.4, -0.2) is 44.8 Å². The monoisotopic (exact) mass is 408 g/mol. The molecule has 1 fully saturated rings. The third kappa shape index (κ3) is 4.54. The summed E-state index contributed by atoms with van der Waals surface area (Å²) in [5, 5.41) is 2.71. The molecule has 2 aromatic rings. The van der Waals surface area contributed by atoms with Crippen LogP contribution >= 0.6 is 11.6 Å². The summed E-state index contributed by atoms with van der Waals surface area (Å²) in [6, 6.07) is 13.3. The summed E-state index contributed by atoms with van der Waals surface area (Å²) < 4.78 is 30.6. The van der Waals surface area contributed by atoms with Crippen molar-refractivity contribution < 1.29 is 17.9 Å². The van der Waals surface area contributed by atoms with Crippen LogP contribution in [-0.2, 0) is 16.4 Å². The smallest absolute Gasteiger partial charge is 0.317 e. The van der Waals surface area contributed by atoms with Gasteiger partial charge < -0.3 is 15.0 Å². The molecule has 1 saturated heterocycles. The molecule has 1 unspecified atom stereocenters. The number of likely N-dealkylation sites (tertiary alicyclic amines) is 1. The number of ether oxygens (including phenoxy) is 1. The van der Waals surface area contributed by atoms with E-state index in [1.807, 2.05) is 24.3 Å². The minimum atomic E-state index is -3.49. The Morgan fingerprint density at radius 1 is 1.19 bits per heavy atom. The maximum atomic E-state index is 12.7. The van der Waals surface area contributed by atoms with Crippen molar-refractivity contribution in [2.45, 2.75) is 23.1 Å². The van der Waals surface area contributed by atoms with Crippen molar-refractivity contribution in [3.05, 3.63) is 59.1 Å². The number of carbonyl (C=O) groups is 1. The molecule has 1 heterocycles. The summed E-state index contributed by atoms with van der Waals surface area (Å²) >= 11 is 5.83. The number of halogens is 1. The fourth-order valence-corrected chi connectivity index (χ4v) is 4.83. The Labute approximate surface area is 164 Å². The molecule has 27 heavy (non-hydrogen) atoms. The molecule has 0 aromatic heterocycles. The van der Waals surface area contributed by atoms with E-state index in [0.717, 1.165) is 11.3 Å². The Hall–Kier alpha value is -2.25. The van der Waals surface area contributed by atoms with Gasteiger partial charge in [0.05, 0.1) is 17.3 Å². The van der Waals surface area contributed by atoms with E-state index in [4.69, 9.17) is 16.3 Å². The predicted molar refractivity (Wildman–Crippen MR) is 104 cm³/mol. The van der Waals surface area contributed by atoms with E-state index < -0.39 is 15.1 Å². The molecule has 1 aliphatic rings. The lowest BCUT2D eigenvalue weighted by atomic mass is 10.2. The standard InChI is InChI=1S/C19H21ClN2O4S/c1-26-16-6-2-14(3-7-16)12-21-19(23)22-11-10-18(13-22)27(24,25)17-8-4-15(20)5-9-17/h2-9,18H,10-13H2,1H3,(H,21,23). The van der Waals surface area contributed by atoms with Gasteiger partial charge in [0, 0.05) is 24.7 Å². The van der Waals surface area contributed by atoms with E-state index in [1.54, 1.807) is 24.1 Å². The first-order valence-corrected chi connectivity index (χ1v) is 10.5. The average molecular weight is 409 g/mol. The zero-order chi connectivity index (χ0) is 19.4.